The van der Waals surface area contributed by atoms with Gasteiger partial charge < -0.3 is 4.42 Å². The van der Waals surface area contributed by atoms with Gasteiger partial charge in [-0.1, -0.05) is 79.9 Å². The molecule has 0 N–H and O–H groups in total. The molecule has 0 saturated heterocycles. The third-order valence-corrected chi connectivity index (χ3v) is 7.45. The predicted molar refractivity (Wildman–Crippen MR) is 159 cm³/mol. The fraction of sp³-hybridized carbons (Fsp3) is 0.167. The van der Waals surface area contributed by atoms with Gasteiger partial charge in [0.1, 0.15) is 18.2 Å². The van der Waals surface area contributed by atoms with Crippen molar-refractivity contribution >= 4 is 21.9 Å². The predicted octanol–water partition coefficient (Wildman–Crippen LogP) is 9.16. The second kappa shape index (κ2) is 9.77. The molecule has 0 fully saturated rings. The van der Waals surface area contributed by atoms with Gasteiger partial charge in [-0.25, -0.2) is 4.39 Å². The Balaban J connectivity index is 1.60. The summed E-state index contributed by atoms with van der Waals surface area (Å²) >= 11 is 0. The standard InChI is InChI=1S/C36H30FN2O/c1-21(2)30-18-32(39(5)20-31(30)37)33-23(4)8-16-28-29-17-15-27(19-38)34(36(29)40-35(28)33)26-13-11-25(12-14-26)24-9-6-22(3)7-10-24/h6-18,20-21H,1-5H3/q+1/i1D3,2D3,21D. The first-order chi connectivity index (χ1) is 22.1. The molecule has 2 heterocycles. The minimum Gasteiger partial charge on any atom is -0.454 e. The van der Waals surface area contributed by atoms with E-state index in [-0.39, 0.29) is 5.69 Å². The Kier molecular flexibility index (Phi) is 4.52. The van der Waals surface area contributed by atoms with Crippen molar-refractivity contribution in [1.29, 1.82) is 5.26 Å². The lowest BCUT2D eigenvalue weighted by Gasteiger charge is -2.10. The van der Waals surface area contributed by atoms with Gasteiger partial charge in [0.05, 0.1) is 17.2 Å². The monoisotopic (exact) mass is 532 g/mol. The van der Waals surface area contributed by atoms with Crippen LogP contribution in [0, 0.1) is 31.0 Å². The van der Waals surface area contributed by atoms with Gasteiger partial charge in [-0.2, -0.15) is 9.83 Å². The largest absolute Gasteiger partial charge is 0.454 e. The Morgan fingerprint density at radius 3 is 2.10 bits per heavy atom. The lowest BCUT2D eigenvalue weighted by Crippen LogP contribution is -2.32. The van der Waals surface area contributed by atoms with Gasteiger partial charge in [0.15, 0.2) is 5.82 Å². The summed E-state index contributed by atoms with van der Waals surface area (Å²) in [6, 6.07) is 26.7. The van der Waals surface area contributed by atoms with Gasteiger partial charge in [0, 0.05) is 37.6 Å². The first-order valence-electron chi connectivity index (χ1n) is 16.3. The molecule has 0 spiro atoms. The van der Waals surface area contributed by atoms with Crippen LogP contribution >= 0.6 is 0 Å². The van der Waals surface area contributed by atoms with Gasteiger partial charge in [-0.15, -0.1) is 0 Å². The number of hydrogen-bond donors (Lipinski definition) is 0. The van der Waals surface area contributed by atoms with E-state index in [9.17, 15) is 5.26 Å². The fourth-order valence-corrected chi connectivity index (χ4v) is 5.33. The van der Waals surface area contributed by atoms with Gasteiger partial charge in [-0.05, 0) is 54.1 Å². The molecule has 2 aromatic heterocycles. The van der Waals surface area contributed by atoms with Crippen molar-refractivity contribution in [1.82, 2.24) is 0 Å². The van der Waals surface area contributed by atoms with E-state index < -0.39 is 31.0 Å². The summed E-state index contributed by atoms with van der Waals surface area (Å²) in [7, 11) is 1.55. The van der Waals surface area contributed by atoms with E-state index in [1.54, 1.807) is 26.1 Å². The van der Waals surface area contributed by atoms with Crippen molar-refractivity contribution < 1.29 is 23.0 Å². The Morgan fingerprint density at radius 2 is 1.45 bits per heavy atom. The number of aromatic nitrogens is 1. The van der Waals surface area contributed by atoms with E-state index >= 15 is 4.39 Å². The third kappa shape index (κ3) is 4.15. The number of benzene rings is 4. The molecule has 6 aromatic rings. The highest BCUT2D eigenvalue weighted by Crippen LogP contribution is 2.42. The maximum atomic E-state index is 15.5. The molecule has 0 aliphatic rings. The fourth-order valence-electron chi connectivity index (χ4n) is 5.33. The zero-order valence-electron chi connectivity index (χ0n) is 29.3. The van der Waals surface area contributed by atoms with Crippen molar-refractivity contribution in [2.24, 2.45) is 7.05 Å². The Labute approximate surface area is 243 Å². The van der Waals surface area contributed by atoms with Crippen molar-refractivity contribution in [2.45, 2.75) is 33.4 Å². The number of pyridine rings is 1. The first kappa shape index (κ1) is 18.5. The number of furan rings is 1. The van der Waals surface area contributed by atoms with Crippen molar-refractivity contribution in [3.8, 4) is 39.6 Å². The van der Waals surface area contributed by atoms with Gasteiger partial charge in [-0.3, -0.25) is 0 Å². The summed E-state index contributed by atoms with van der Waals surface area (Å²) in [5.74, 6) is -4.36. The van der Waals surface area contributed by atoms with Gasteiger partial charge in [0.2, 0.25) is 11.9 Å². The summed E-state index contributed by atoms with van der Waals surface area (Å²) in [5.41, 5.74) is 6.51. The molecule has 6 rings (SSSR count). The van der Waals surface area contributed by atoms with Crippen molar-refractivity contribution in [3.05, 3.63) is 113 Å². The molecule has 0 bridgehead atoms. The molecule has 4 aromatic carbocycles. The number of fused-ring (bicyclic) bond motifs is 3. The Morgan fingerprint density at radius 1 is 0.850 bits per heavy atom. The molecular weight excluding hydrogens is 495 g/mol. The summed E-state index contributed by atoms with van der Waals surface area (Å²) < 4.78 is 79.7. The van der Waals surface area contributed by atoms with Crippen LogP contribution in [-0.4, -0.2) is 0 Å². The summed E-state index contributed by atoms with van der Waals surface area (Å²) in [5, 5.41) is 11.5. The van der Waals surface area contributed by atoms with Gasteiger partial charge >= 0.3 is 0 Å². The van der Waals surface area contributed by atoms with Crippen LogP contribution in [-0.2, 0) is 7.05 Å². The number of rotatable bonds is 4. The third-order valence-electron chi connectivity index (χ3n) is 7.45. The molecule has 196 valence electrons. The molecule has 40 heavy (non-hydrogen) atoms. The zero-order valence-corrected chi connectivity index (χ0v) is 22.3. The van der Waals surface area contributed by atoms with E-state index in [1.807, 2.05) is 55.5 Å². The van der Waals surface area contributed by atoms with E-state index in [0.717, 1.165) is 39.9 Å². The summed E-state index contributed by atoms with van der Waals surface area (Å²) in [4.78, 5) is 0. The lowest BCUT2D eigenvalue weighted by atomic mass is 9.94. The summed E-state index contributed by atoms with van der Waals surface area (Å²) in [6.45, 7) is -2.90. The minimum absolute atomic E-state index is 0.262. The molecule has 0 saturated carbocycles. The minimum atomic E-state index is -3.37. The highest BCUT2D eigenvalue weighted by Gasteiger charge is 2.25. The molecule has 0 aliphatic heterocycles. The van der Waals surface area contributed by atoms with Crippen molar-refractivity contribution in [3.63, 3.8) is 0 Å². The first-order valence-corrected chi connectivity index (χ1v) is 12.8. The smallest absolute Gasteiger partial charge is 0.216 e. The Bertz CT molecular complexity index is 2210. The molecule has 0 unspecified atom stereocenters. The van der Waals surface area contributed by atoms with Crippen LogP contribution in [0.15, 0.2) is 89.5 Å². The van der Waals surface area contributed by atoms with Crippen LogP contribution < -0.4 is 4.57 Å². The van der Waals surface area contributed by atoms with E-state index in [2.05, 4.69) is 18.2 Å². The average Bonchev–Trinajstić information content (AvgIpc) is 3.38. The lowest BCUT2D eigenvalue weighted by molar-refractivity contribution is -0.662. The molecule has 0 radical (unpaired) electrons. The molecule has 0 atom stereocenters. The maximum Gasteiger partial charge on any atom is 0.216 e. The molecule has 4 heteroatoms. The molecule has 3 nitrogen and oxygen atoms in total. The van der Waals surface area contributed by atoms with Gasteiger partial charge in [0.25, 0.3) is 0 Å². The van der Waals surface area contributed by atoms with Crippen LogP contribution in [0.2, 0.25) is 0 Å². The van der Waals surface area contributed by atoms with Crippen molar-refractivity contribution in [2.75, 3.05) is 0 Å². The second-order valence-electron chi connectivity index (χ2n) is 10.1. The number of hydrogen-bond acceptors (Lipinski definition) is 2. The number of nitriles is 1. The molecular formula is C36H30FN2O+. The van der Waals surface area contributed by atoms with Crippen LogP contribution in [0.3, 0.4) is 0 Å². The van der Waals surface area contributed by atoms with Crippen LogP contribution in [0.4, 0.5) is 4.39 Å². The average molecular weight is 533 g/mol. The van der Waals surface area contributed by atoms with E-state index in [0.29, 0.717) is 38.8 Å². The van der Waals surface area contributed by atoms with Crippen LogP contribution in [0.1, 0.15) is 51.4 Å². The Hall–Kier alpha value is -4.75. The number of nitrogens with zero attached hydrogens (tertiary/aromatic N) is 2. The SMILES string of the molecule is [2H]C([2H])([2H])C([2H])(c1cc(-c2c(C)ccc3c2oc2c(-c4ccc(-c5ccc(C)cc5)cc4)c(C#N)ccc23)[n+](C)cc1F)C([2H])([2H])[2H]. The zero-order chi connectivity index (χ0) is 34.1. The normalized spacial score (nSPS) is 14.9. The van der Waals surface area contributed by atoms with Crippen LogP contribution in [0.5, 0.6) is 0 Å². The number of halogens is 1. The topological polar surface area (TPSA) is 40.8 Å². The summed E-state index contributed by atoms with van der Waals surface area (Å²) in [6.07, 6.45) is 0.987. The molecule has 0 aliphatic carbocycles. The highest BCUT2D eigenvalue weighted by molar-refractivity contribution is 6.14. The van der Waals surface area contributed by atoms with E-state index in [1.165, 1.54) is 4.57 Å². The maximum absolute atomic E-state index is 15.5. The molecule has 0 amide bonds. The van der Waals surface area contributed by atoms with Crippen LogP contribution in [0.25, 0.3) is 55.4 Å². The number of aryl methyl sites for hydroxylation is 3. The quantitative estimate of drug-likeness (QED) is 0.212. The van der Waals surface area contributed by atoms with E-state index in [4.69, 9.17) is 14.0 Å². The second-order valence-corrected chi connectivity index (χ2v) is 10.1. The highest BCUT2D eigenvalue weighted by atomic mass is 19.1.